The quantitative estimate of drug-likeness (QED) is 0.794. The van der Waals surface area contributed by atoms with Gasteiger partial charge in [0.1, 0.15) is 5.69 Å². The molecule has 0 bridgehead atoms. The van der Waals surface area contributed by atoms with Gasteiger partial charge in [-0.25, -0.2) is 9.78 Å². The Bertz CT molecular complexity index is 462. The number of carboxylic acids is 1. The molecule has 0 radical (unpaired) electrons. The molecule has 1 fully saturated rings. The van der Waals surface area contributed by atoms with E-state index in [0.717, 1.165) is 6.54 Å². The van der Waals surface area contributed by atoms with Gasteiger partial charge >= 0.3 is 5.97 Å². The summed E-state index contributed by atoms with van der Waals surface area (Å²) in [5.41, 5.74) is 0.765. The van der Waals surface area contributed by atoms with Crippen LogP contribution in [0.4, 0.5) is 0 Å². The van der Waals surface area contributed by atoms with Crippen LogP contribution in [-0.2, 0) is 11.3 Å². The van der Waals surface area contributed by atoms with E-state index in [1.165, 1.54) is 6.07 Å². The van der Waals surface area contributed by atoms with E-state index in [4.69, 9.17) is 5.11 Å². The lowest BCUT2D eigenvalue weighted by molar-refractivity contribution is -0.120. The summed E-state index contributed by atoms with van der Waals surface area (Å²) in [4.78, 5) is 28.2. The first-order valence-electron chi connectivity index (χ1n) is 5.83. The summed E-state index contributed by atoms with van der Waals surface area (Å²) in [6, 6.07) is 4.96. The van der Waals surface area contributed by atoms with E-state index in [-0.39, 0.29) is 11.6 Å². The third kappa shape index (κ3) is 3.27. The fraction of sp³-hybridized carbons (Fsp3) is 0.417. The SMILES string of the molecule is O=C1CCN(Cc2cccc(C(=O)O)n2)CCN1. The maximum absolute atomic E-state index is 11.2. The molecule has 1 aromatic heterocycles. The molecule has 2 heterocycles. The largest absolute Gasteiger partial charge is 0.477 e. The van der Waals surface area contributed by atoms with Crippen LogP contribution in [0.1, 0.15) is 22.6 Å². The van der Waals surface area contributed by atoms with Gasteiger partial charge in [0.25, 0.3) is 0 Å². The van der Waals surface area contributed by atoms with Gasteiger partial charge in [0.2, 0.25) is 5.91 Å². The third-order valence-corrected chi connectivity index (χ3v) is 2.82. The molecule has 1 amide bonds. The number of hydrogen-bond donors (Lipinski definition) is 2. The first-order valence-corrected chi connectivity index (χ1v) is 5.83. The highest BCUT2D eigenvalue weighted by atomic mass is 16.4. The number of carbonyl (C=O) groups is 2. The predicted molar refractivity (Wildman–Crippen MR) is 64.1 cm³/mol. The number of aromatic nitrogens is 1. The van der Waals surface area contributed by atoms with Crippen LogP contribution in [0.5, 0.6) is 0 Å². The number of hydrogen-bond acceptors (Lipinski definition) is 4. The van der Waals surface area contributed by atoms with Crippen molar-refractivity contribution in [3.63, 3.8) is 0 Å². The maximum Gasteiger partial charge on any atom is 0.354 e. The van der Waals surface area contributed by atoms with Gasteiger partial charge in [0, 0.05) is 32.6 Å². The van der Waals surface area contributed by atoms with Gasteiger partial charge in [-0.3, -0.25) is 9.69 Å². The summed E-state index contributed by atoms with van der Waals surface area (Å²) in [6.45, 7) is 2.61. The molecule has 0 atom stereocenters. The molecule has 1 aromatic rings. The summed E-state index contributed by atoms with van der Waals surface area (Å²) in [6.07, 6.45) is 0.471. The number of amides is 1. The average Bonchev–Trinajstić information content (AvgIpc) is 2.55. The number of carbonyl (C=O) groups excluding carboxylic acids is 1. The number of pyridine rings is 1. The molecule has 0 aliphatic carbocycles. The minimum Gasteiger partial charge on any atom is -0.477 e. The van der Waals surface area contributed by atoms with Crippen LogP contribution in [0.25, 0.3) is 0 Å². The van der Waals surface area contributed by atoms with Crippen molar-refractivity contribution in [3.05, 3.63) is 29.6 Å². The molecule has 18 heavy (non-hydrogen) atoms. The number of nitrogens with one attached hydrogen (secondary N) is 1. The number of nitrogens with zero attached hydrogens (tertiary/aromatic N) is 2. The average molecular weight is 249 g/mol. The van der Waals surface area contributed by atoms with Crippen molar-refractivity contribution in [3.8, 4) is 0 Å². The van der Waals surface area contributed by atoms with Crippen molar-refractivity contribution >= 4 is 11.9 Å². The second-order valence-electron chi connectivity index (χ2n) is 4.20. The van der Waals surface area contributed by atoms with Gasteiger partial charge in [-0.2, -0.15) is 0 Å². The fourth-order valence-corrected chi connectivity index (χ4v) is 1.89. The molecule has 0 spiro atoms. The molecule has 0 unspecified atom stereocenters. The monoisotopic (exact) mass is 249 g/mol. The molecule has 96 valence electrons. The second-order valence-corrected chi connectivity index (χ2v) is 4.20. The number of aromatic carboxylic acids is 1. The molecule has 0 aromatic carbocycles. The zero-order valence-corrected chi connectivity index (χ0v) is 9.93. The van der Waals surface area contributed by atoms with E-state index in [2.05, 4.69) is 15.2 Å². The molecular weight excluding hydrogens is 234 g/mol. The standard InChI is InChI=1S/C12H15N3O3/c16-11-4-6-15(7-5-13-11)8-9-2-1-3-10(14-9)12(17)18/h1-3H,4-8H2,(H,13,16)(H,17,18). The van der Waals surface area contributed by atoms with Crippen LogP contribution in [0.15, 0.2) is 18.2 Å². The van der Waals surface area contributed by atoms with Crippen LogP contribution >= 0.6 is 0 Å². The highest BCUT2D eigenvalue weighted by Gasteiger charge is 2.14. The molecule has 0 saturated carbocycles. The Morgan fingerprint density at radius 2 is 2.28 bits per heavy atom. The van der Waals surface area contributed by atoms with Crippen molar-refractivity contribution in [2.45, 2.75) is 13.0 Å². The summed E-state index contributed by atoms with van der Waals surface area (Å²) in [7, 11) is 0. The highest BCUT2D eigenvalue weighted by Crippen LogP contribution is 2.06. The van der Waals surface area contributed by atoms with Crippen LogP contribution in [0.3, 0.4) is 0 Å². The fourth-order valence-electron chi connectivity index (χ4n) is 1.89. The maximum atomic E-state index is 11.2. The van der Waals surface area contributed by atoms with Gasteiger partial charge in [-0.15, -0.1) is 0 Å². The topological polar surface area (TPSA) is 82.5 Å². The van der Waals surface area contributed by atoms with Crippen molar-refractivity contribution in [1.82, 2.24) is 15.2 Å². The predicted octanol–water partition coefficient (Wildman–Crippen LogP) is 0.102. The lowest BCUT2D eigenvalue weighted by Crippen LogP contribution is -2.28. The Labute approximate surface area is 105 Å². The summed E-state index contributed by atoms with van der Waals surface area (Å²) in [5, 5.41) is 11.7. The lowest BCUT2D eigenvalue weighted by Gasteiger charge is -2.18. The van der Waals surface area contributed by atoms with E-state index < -0.39 is 5.97 Å². The minimum absolute atomic E-state index is 0.0523. The molecule has 2 N–H and O–H groups in total. The molecule has 1 saturated heterocycles. The smallest absolute Gasteiger partial charge is 0.354 e. The molecule has 1 aliphatic rings. The Hall–Kier alpha value is -1.95. The molecule has 2 rings (SSSR count). The summed E-state index contributed by atoms with van der Waals surface area (Å²) in [5.74, 6) is -0.964. The first kappa shape index (κ1) is 12.5. The highest BCUT2D eigenvalue weighted by molar-refractivity contribution is 5.85. The van der Waals surface area contributed by atoms with Gasteiger partial charge in [-0.1, -0.05) is 6.07 Å². The molecule has 1 aliphatic heterocycles. The zero-order valence-electron chi connectivity index (χ0n) is 9.93. The second kappa shape index (κ2) is 5.59. The van der Waals surface area contributed by atoms with Crippen LogP contribution in [-0.4, -0.2) is 46.5 Å². The lowest BCUT2D eigenvalue weighted by atomic mass is 10.2. The third-order valence-electron chi connectivity index (χ3n) is 2.82. The summed E-state index contributed by atoms with van der Waals surface area (Å²) >= 11 is 0. The molecule has 6 heteroatoms. The van der Waals surface area contributed by atoms with Crippen molar-refractivity contribution in [1.29, 1.82) is 0 Å². The molecular formula is C12H15N3O3. The van der Waals surface area contributed by atoms with E-state index in [1.807, 2.05) is 0 Å². The van der Waals surface area contributed by atoms with Crippen LogP contribution in [0.2, 0.25) is 0 Å². The Morgan fingerprint density at radius 3 is 3.06 bits per heavy atom. The van der Waals surface area contributed by atoms with E-state index >= 15 is 0 Å². The Kier molecular flexibility index (Phi) is 3.88. The minimum atomic E-state index is -1.02. The summed E-state index contributed by atoms with van der Waals surface area (Å²) < 4.78 is 0. The van der Waals surface area contributed by atoms with Gasteiger partial charge < -0.3 is 10.4 Å². The van der Waals surface area contributed by atoms with Crippen molar-refractivity contribution < 1.29 is 14.7 Å². The van der Waals surface area contributed by atoms with Crippen LogP contribution < -0.4 is 5.32 Å². The Morgan fingerprint density at radius 1 is 1.44 bits per heavy atom. The first-order chi connectivity index (χ1) is 8.65. The van der Waals surface area contributed by atoms with E-state index in [9.17, 15) is 9.59 Å². The van der Waals surface area contributed by atoms with Crippen molar-refractivity contribution in [2.24, 2.45) is 0 Å². The van der Waals surface area contributed by atoms with Gasteiger partial charge in [-0.05, 0) is 12.1 Å². The van der Waals surface area contributed by atoms with Gasteiger partial charge in [0.05, 0.1) is 5.69 Å². The zero-order chi connectivity index (χ0) is 13.0. The van der Waals surface area contributed by atoms with E-state index in [1.54, 1.807) is 12.1 Å². The van der Waals surface area contributed by atoms with E-state index in [0.29, 0.717) is 31.7 Å². The Balaban J connectivity index is 2.02. The molecule has 6 nitrogen and oxygen atoms in total. The number of rotatable bonds is 3. The normalized spacial score (nSPS) is 17.0. The van der Waals surface area contributed by atoms with Crippen LogP contribution in [0, 0.1) is 0 Å². The van der Waals surface area contributed by atoms with Crippen molar-refractivity contribution in [2.75, 3.05) is 19.6 Å². The number of carboxylic acid groups (broad SMARTS) is 1. The van der Waals surface area contributed by atoms with Gasteiger partial charge in [0.15, 0.2) is 0 Å².